The summed E-state index contributed by atoms with van der Waals surface area (Å²) in [5, 5.41) is 9.00. The van der Waals surface area contributed by atoms with Crippen LogP contribution in [-0.2, 0) is 0 Å². The first-order chi connectivity index (χ1) is 9.54. The molecule has 0 N–H and O–H groups in total. The first-order valence-corrected chi connectivity index (χ1v) is 5.77. The Hall–Kier alpha value is -2.74. The number of amides is 1. The fourth-order valence-corrected chi connectivity index (χ4v) is 1.79. The zero-order valence-corrected chi connectivity index (χ0v) is 10.6. The van der Waals surface area contributed by atoms with Crippen LogP contribution in [-0.4, -0.2) is 13.0 Å². The number of carbonyl (C=O) groups is 1. The highest BCUT2D eigenvalue weighted by molar-refractivity contribution is 6.06. The summed E-state index contributed by atoms with van der Waals surface area (Å²) in [6.07, 6.45) is 0. The molecule has 20 heavy (non-hydrogen) atoms. The molecule has 0 fully saturated rings. The lowest BCUT2D eigenvalue weighted by Gasteiger charge is -2.18. The molecule has 2 aromatic carbocycles. The molecule has 0 unspecified atom stereocenters. The number of benzene rings is 2. The van der Waals surface area contributed by atoms with Gasteiger partial charge in [-0.1, -0.05) is 12.1 Å². The molecule has 0 aliphatic carbocycles. The monoisotopic (exact) mass is 272 g/mol. The van der Waals surface area contributed by atoms with Gasteiger partial charge in [-0.25, -0.2) is 8.78 Å². The number of nitriles is 1. The van der Waals surface area contributed by atoms with Crippen LogP contribution < -0.4 is 4.90 Å². The number of rotatable bonds is 2. The Balaban J connectivity index is 2.38. The van der Waals surface area contributed by atoms with Gasteiger partial charge in [0.2, 0.25) is 0 Å². The van der Waals surface area contributed by atoms with Crippen LogP contribution >= 0.6 is 0 Å². The number of anilines is 1. The predicted molar refractivity (Wildman–Crippen MR) is 70.2 cm³/mol. The van der Waals surface area contributed by atoms with Crippen molar-refractivity contribution < 1.29 is 13.6 Å². The fraction of sp³-hybridized carbons (Fsp3) is 0.0667. The first-order valence-electron chi connectivity index (χ1n) is 5.77. The summed E-state index contributed by atoms with van der Waals surface area (Å²) in [5.74, 6) is -2.62. The second-order valence-electron chi connectivity index (χ2n) is 4.12. The lowest BCUT2D eigenvalue weighted by molar-refractivity contribution is 0.0992. The van der Waals surface area contributed by atoms with Crippen molar-refractivity contribution >= 4 is 11.6 Å². The van der Waals surface area contributed by atoms with Crippen molar-refractivity contribution in [1.29, 1.82) is 5.26 Å². The van der Waals surface area contributed by atoms with Crippen LogP contribution in [0.4, 0.5) is 14.5 Å². The molecule has 0 radical (unpaired) electrons. The average molecular weight is 272 g/mol. The van der Waals surface area contributed by atoms with Gasteiger partial charge in [0, 0.05) is 12.6 Å². The largest absolute Gasteiger partial charge is 0.310 e. The van der Waals surface area contributed by atoms with E-state index in [1.54, 1.807) is 24.3 Å². The van der Waals surface area contributed by atoms with Gasteiger partial charge in [0.15, 0.2) is 11.6 Å². The quantitative estimate of drug-likeness (QED) is 0.843. The minimum absolute atomic E-state index is 0.0131. The molecule has 0 aliphatic rings. The third kappa shape index (κ3) is 2.50. The molecular formula is C15H10F2N2O. The van der Waals surface area contributed by atoms with Crippen molar-refractivity contribution in [2.24, 2.45) is 0 Å². The topological polar surface area (TPSA) is 44.1 Å². The van der Waals surface area contributed by atoms with Crippen LogP contribution in [0.1, 0.15) is 15.9 Å². The number of halogens is 2. The van der Waals surface area contributed by atoms with E-state index in [4.69, 9.17) is 5.26 Å². The third-order valence-corrected chi connectivity index (χ3v) is 2.86. The van der Waals surface area contributed by atoms with Crippen LogP contribution in [0.3, 0.4) is 0 Å². The standard InChI is InChI=1S/C15H10F2N2O/c1-19(14-5-3-2-4-11(14)9-18)15(20)10-6-7-12(16)13(17)8-10/h2-8H,1H3. The van der Waals surface area contributed by atoms with Crippen LogP contribution in [0, 0.1) is 23.0 Å². The molecular weight excluding hydrogens is 262 g/mol. The molecule has 0 aromatic heterocycles. The van der Waals surface area contributed by atoms with Crippen molar-refractivity contribution in [3.63, 3.8) is 0 Å². The van der Waals surface area contributed by atoms with Gasteiger partial charge in [-0.15, -0.1) is 0 Å². The van der Waals surface area contributed by atoms with E-state index in [-0.39, 0.29) is 5.56 Å². The molecule has 5 heteroatoms. The van der Waals surface area contributed by atoms with Gasteiger partial charge >= 0.3 is 0 Å². The maximum absolute atomic E-state index is 13.2. The number of hydrogen-bond acceptors (Lipinski definition) is 2. The minimum atomic E-state index is -1.09. The van der Waals surface area contributed by atoms with Crippen LogP contribution in [0.2, 0.25) is 0 Å². The van der Waals surface area contributed by atoms with E-state index in [9.17, 15) is 13.6 Å². The summed E-state index contributed by atoms with van der Waals surface area (Å²) in [6, 6.07) is 11.5. The van der Waals surface area contributed by atoms with Gasteiger partial charge in [0.25, 0.3) is 5.91 Å². The Morgan fingerprint density at radius 3 is 2.50 bits per heavy atom. The Kier molecular flexibility index (Phi) is 3.76. The molecule has 2 rings (SSSR count). The van der Waals surface area contributed by atoms with E-state index < -0.39 is 17.5 Å². The van der Waals surface area contributed by atoms with Gasteiger partial charge in [-0.2, -0.15) is 5.26 Å². The van der Waals surface area contributed by atoms with Crippen molar-refractivity contribution in [2.45, 2.75) is 0 Å². The second-order valence-corrected chi connectivity index (χ2v) is 4.12. The molecule has 1 amide bonds. The fourth-order valence-electron chi connectivity index (χ4n) is 1.79. The molecule has 0 aliphatic heterocycles. The Morgan fingerprint density at radius 2 is 1.85 bits per heavy atom. The summed E-state index contributed by atoms with van der Waals surface area (Å²) < 4.78 is 26.0. The van der Waals surface area contributed by atoms with Crippen molar-refractivity contribution in [3.05, 3.63) is 65.2 Å². The smallest absolute Gasteiger partial charge is 0.258 e. The van der Waals surface area contributed by atoms with Gasteiger partial charge in [-0.3, -0.25) is 4.79 Å². The van der Waals surface area contributed by atoms with Crippen molar-refractivity contribution in [1.82, 2.24) is 0 Å². The van der Waals surface area contributed by atoms with Crippen molar-refractivity contribution in [3.8, 4) is 6.07 Å². The van der Waals surface area contributed by atoms with Gasteiger partial charge < -0.3 is 4.90 Å². The van der Waals surface area contributed by atoms with E-state index >= 15 is 0 Å². The molecule has 0 atom stereocenters. The highest BCUT2D eigenvalue weighted by Crippen LogP contribution is 2.20. The lowest BCUT2D eigenvalue weighted by Crippen LogP contribution is -2.27. The summed E-state index contributed by atoms with van der Waals surface area (Å²) in [6.45, 7) is 0. The van der Waals surface area contributed by atoms with E-state index in [1.165, 1.54) is 18.0 Å². The van der Waals surface area contributed by atoms with E-state index in [0.29, 0.717) is 11.3 Å². The first kappa shape index (κ1) is 13.7. The van der Waals surface area contributed by atoms with Crippen LogP contribution in [0.25, 0.3) is 0 Å². The highest BCUT2D eigenvalue weighted by Gasteiger charge is 2.17. The molecule has 0 spiro atoms. The van der Waals surface area contributed by atoms with E-state index in [2.05, 4.69) is 0 Å². The Bertz CT molecular complexity index is 707. The highest BCUT2D eigenvalue weighted by atomic mass is 19.2. The van der Waals surface area contributed by atoms with Gasteiger partial charge in [-0.05, 0) is 30.3 Å². The molecule has 0 bridgehead atoms. The Morgan fingerprint density at radius 1 is 1.15 bits per heavy atom. The summed E-state index contributed by atoms with van der Waals surface area (Å²) >= 11 is 0. The Labute approximate surface area is 114 Å². The minimum Gasteiger partial charge on any atom is -0.310 e. The number of hydrogen-bond donors (Lipinski definition) is 0. The van der Waals surface area contributed by atoms with E-state index in [1.807, 2.05) is 6.07 Å². The molecule has 0 heterocycles. The maximum atomic E-state index is 13.2. The molecule has 2 aromatic rings. The molecule has 3 nitrogen and oxygen atoms in total. The van der Waals surface area contributed by atoms with Crippen LogP contribution in [0.5, 0.6) is 0 Å². The lowest BCUT2D eigenvalue weighted by atomic mass is 10.1. The van der Waals surface area contributed by atoms with Gasteiger partial charge in [0.1, 0.15) is 6.07 Å². The molecule has 100 valence electrons. The van der Waals surface area contributed by atoms with Crippen LogP contribution in [0.15, 0.2) is 42.5 Å². The summed E-state index contributed by atoms with van der Waals surface area (Å²) in [5.41, 5.74) is 0.745. The summed E-state index contributed by atoms with van der Waals surface area (Å²) in [7, 11) is 1.47. The maximum Gasteiger partial charge on any atom is 0.258 e. The molecule has 0 saturated carbocycles. The predicted octanol–water partition coefficient (Wildman–Crippen LogP) is 3.11. The number of carbonyl (C=O) groups excluding carboxylic acids is 1. The van der Waals surface area contributed by atoms with E-state index in [0.717, 1.165) is 12.1 Å². The third-order valence-electron chi connectivity index (χ3n) is 2.86. The second kappa shape index (κ2) is 5.49. The zero-order valence-electron chi connectivity index (χ0n) is 10.6. The van der Waals surface area contributed by atoms with Crippen molar-refractivity contribution in [2.75, 3.05) is 11.9 Å². The summed E-state index contributed by atoms with van der Waals surface area (Å²) in [4.78, 5) is 13.4. The van der Waals surface area contributed by atoms with Gasteiger partial charge in [0.05, 0.1) is 11.3 Å². The average Bonchev–Trinajstić information content (AvgIpc) is 2.48. The normalized spacial score (nSPS) is 9.90. The molecule has 0 saturated heterocycles. The number of nitrogens with zero attached hydrogens (tertiary/aromatic N) is 2. The zero-order chi connectivity index (χ0) is 14.7. The number of para-hydroxylation sites is 1. The SMILES string of the molecule is CN(C(=O)c1ccc(F)c(F)c1)c1ccccc1C#N.